The standard InChI is InChI=1S/C18H33N2O15P/c1-6(16(27)28)5-31-36(29,30)35-18-15(10(19)12(24)8(3-21)33-18)34-17-11(20-7(2)23)14(26)13(25)9(4-22)32-17/h6,8-15,17-18,21-22,24-26H,3-5,19H2,1-2H3,(H,20,23)(H,27,28)(H,29,30)/t6-,8+,9?,10?,11?,12?,13+,14+,15+,17-,18-/m0/s1. The Labute approximate surface area is 205 Å². The van der Waals surface area contributed by atoms with Crippen molar-refractivity contribution in [2.45, 2.75) is 75.1 Å². The van der Waals surface area contributed by atoms with Crippen molar-refractivity contribution >= 4 is 19.7 Å². The van der Waals surface area contributed by atoms with Crippen molar-refractivity contribution in [2.24, 2.45) is 11.7 Å². The second-order valence-electron chi connectivity index (χ2n) is 8.44. The first-order chi connectivity index (χ1) is 16.7. The summed E-state index contributed by atoms with van der Waals surface area (Å²) in [6.07, 6.45) is -13.0. The van der Waals surface area contributed by atoms with Crippen LogP contribution in [-0.4, -0.2) is 129 Å². The van der Waals surface area contributed by atoms with Gasteiger partial charge in [-0.05, 0) is 6.92 Å². The number of nitrogens with two attached hydrogens (primary N) is 1. The summed E-state index contributed by atoms with van der Waals surface area (Å²) < 4.78 is 38.5. The molecule has 0 saturated carbocycles. The SMILES string of the molecule is CC(=O)NC1[C@H](O[C@@H]2C(N)C(O)[C@@H](CO)O[C@H]2OP(=O)(O)OC[C@H](C)C(=O)O)OC(CO)[C@@H](O)[C@@H]1O. The zero-order valence-electron chi connectivity index (χ0n) is 19.4. The summed E-state index contributed by atoms with van der Waals surface area (Å²) in [5, 5.41) is 61.1. The molecule has 0 aromatic carbocycles. The highest BCUT2D eigenvalue weighted by molar-refractivity contribution is 7.47. The molecule has 0 aliphatic carbocycles. The van der Waals surface area contributed by atoms with Gasteiger partial charge >= 0.3 is 13.8 Å². The van der Waals surface area contributed by atoms with Gasteiger partial charge in [0.2, 0.25) is 5.91 Å². The van der Waals surface area contributed by atoms with E-state index in [2.05, 4.69) is 9.84 Å². The summed E-state index contributed by atoms with van der Waals surface area (Å²) in [5.74, 6) is -3.16. The lowest BCUT2D eigenvalue weighted by Gasteiger charge is -2.47. The Kier molecular flexibility index (Phi) is 11.1. The van der Waals surface area contributed by atoms with Crippen LogP contribution in [0.4, 0.5) is 0 Å². The number of aliphatic hydroxyl groups excluding tert-OH is 5. The van der Waals surface area contributed by atoms with Crippen molar-refractivity contribution in [2.75, 3.05) is 19.8 Å². The van der Waals surface area contributed by atoms with Crippen LogP contribution >= 0.6 is 7.82 Å². The number of carboxylic acid groups (broad SMARTS) is 1. The average molecular weight is 548 g/mol. The Morgan fingerprint density at radius 2 is 1.61 bits per heavy atom. The van der Waals surface area contributed by atoms with Gasteiger partial charge in [-0.3, -0.25) is 18.6 Å². The molecule has 2 aliphatic heterocycles. The molecule has 0 bridgehead atoms. The normalized spacial score (nSPS) is 39.7. The van der Waals surface area contributed by atoms with E-state index in [0.29, 0.717) is 0 Å². The minimum atomic E-state index is -5.03. The predicted molar refractivity (Wildman–Crippen MR) is 114 cm³/mol. The fourth-order valence-electron chi connectivity index (χ4n) is 3.53. The Hall–Kier alpha value is -1.31. The first-order valence-electron chi connectivity index (χ1n) is 10.9. The van der Waals surface area contributed by atoms with Crippen LogP contribution in [0.1, 0.15) is 13.8 Å². The maximum absolute atomic E-state index is 12.5. The number of ether oxygens (including phenoxy) is 3. The smallest absolute Gasteiger partial charge is 0.474 e. The molecule has 12 atom stereocenters. The molecule has 2 rings (SSSR count). The Morgan fingerprint density at radius 1 is 1.06 bits per heavy atom. The van der Waals surface area contributed by atoms with Crippen molar-refractivity contribution in [1.82, 2.24) is 5.32 Å². The number of aliphatic hydroxyl groups is 5. The molecule has 10 N–H and O–H groups in total. The number of hydrogen-bond donors (Lipinski definition) is 9. The molecule has 5 unspecified atom stereocenters. The van der Waals surface area contributed by atoms with Gasteiger partial charge in [-0.2, -0.15) is 0 Å². The fraction of sp³-hybridized carbons (Fsp3) is 0.889. The van der Waals surface area contributed by atoms with Crippen LogP contribution in [0, 0.1) is 5.92 Å². The van der Waals surface area contributed by atoms with Gasteiger partial charge in [0, 0.05) is 6.92 Å². The highest BCUT2D eigenvalue weighted by Gasteiger charge is 2.52. The predicted octanol–water partition coefficient (Wildman–Crippen LogP) is -4.42. The van der Waals surface area contributed by atoms with Gasteiger partial charge < -0.3 is 60.8 Å². The van der Waals surface area contributed by atoms with E-state index in [1.165, 1.54) is 6.92 Å². The summed E-state index contributed by atoms with van der Waals surface area (Å²) in [4.78, 5) is 32.7. The fourth-order valence-corrected chi connectivity index (χ4v) is 4.43. The Bertz CT molecular complexity index is 804. The molecule has 36 heavy (non-hydrogen) atoms. The van der Waals surface area contributed by atoms with Gasteiger partial charge in [-0.25, -0.2) is 4.57 Å². The molecule has 2 aliphatic rings. The van der Waals surface area contributed by atoms with Crippen LogP contribution in [-0.2, 0) is 37.4 Å². The molecule has 0 aromatic heterocycles. The molecule has 0 radical (unpaired) electrons. The quantitative estimate of drug-likeness (QED) is 0.110. The number of carbonyl (C=O) groups excluding carboxylic acids is 1. The van der Waals surface area contributed by atoms with E-state index in [0.717, 1.165) is 6.92 Å². The number of phosphoric ester groups is 1. The summed E-state index contributed by atoms with van der Waals surface area (Å²) in [6.45, 7) is 0.0226. The first-order valence-corrected chi connectivity index (χ1v) is 12.4. The lowest BCUT2D eigenvalue weighted by Crippen LogP contribution is -2.68. The molecule has 210 valence electrons. The second-order valence-corrected chi connectivity index (χ2v) is 9.84. The van der Waals surface area contributed by atoms with Gasteiger partial charge in [0.25, 0.3) is 0 Å². The van der Waals surface area contributed by atoms with Crippen LogP contribution in [0.2, 0.25) is 0 Å². The molecule has 2 heterocycles. The molecule has 2 fully saturated rings. The molecular weight excluding hydrogens is 515 g/mol. The molecule has 1 amide bonds. The number of carboxylic acids is 1. The third-order valence-corrected chi connectivity index (χ3v) is 6.55. The van der Waals surface area contributed by atoms with Crippen LogP contribution in [0.5, 0.6) is 0 Å². The summed E-state index contributed by atoms with van der Waals surface area (Å²) >= 11 is 0. The minimum absolute atomic E-state index is 0.663. The van der Waals surface area contributed by atoms with Crippen molar-refractivity contribution in [3.63, 3.8) is 0 Å². The van der Waals surface area contributed by atoms with E-state index >= 15 is 0 Å². The minimum Gasteiger partial charge on any atom is -0.481 e. The largest absolute Gasteiger partial charge is 0.481 e. The van der Waals surface area contributed by atoms with Crippen LogP contribution < -0.4 is 11.1 Å². The zero-order valence-corrected chi connectivity index (χ0v) is 20.3. The average Bonchev–Trinajstić information content (AvgIpc) is 2.80. The Morgan fingerprint density at radius 3 is 2.14 bits per heavy atom. The van der Waals surface area contributed by atoms with E-state index in [4.69, 9.17) is 29.6 Å². The van der Waals surface area contributed by atoms with E-state index in [1.54, 1.807) is 0 Å². The Balaban J connectivity index is 2.30. The maximum Gasteiger partial charge on any atom is 0.474 e. The highest BCUT2D eigenvalue weighted by atomic mass is 31.2. The van der Waals surface area contributed by atoms with Crippen molar-refractivity contribution < 1.29 is 72.9 Å². The lowest BCUT2D eigenvalue weighted by atomic mass is 9.95. The highest BCUT2D eigenvalue weighted by Crippen LogP contribution is 2.47. The zero-order chi connectivity index (χ0) is 27.4. The number of carbonyl (C=O) groups is 2. The molecule has 17 nitrogen and oxygen atoms in total. The van der Waals surface area contributed by atoms with Gasteiger partial charge in [-0.15, -0.1) is 0 Å². The van der Waals surface area contributed by atoms with E-state index in [-0.39, 0.29) is 0 Å². The van der Waals surface area contributed by atoms with E-state index in [9.17, 15) is 44.6 Å². The second kappa shape index (κ2) is 13.0. The molecular formula is C18H33N2O15P. The topological polar surface area (TPSA) is 277 Å². The summed E-state index contributed by atoms with van der Waals surface area (Å²) in [5.41, 5.74) is 6.01. The van der Waals surface area contributed by atoms with Crippen molar-refractivity contribution in [3.8, 4) is 0 Å². The molecule has 0 spiro atoms. The number of hydrogen-bond acceptors (Lipinski definition) is 14. The first kappa shape index (κ1) is 30.9. The van der Waals surface area contributed by atoms with Crippen LogP contribution in [0.15, 0.2) is 0 Å². The van der Waals surface area contributed by atoms with E-state index in [1.807, 2.05) is 0 Å². The van der Waals surface area contributed by atoms with Crippen LogP contribution in [0.25, 0.3) is 0 Å². The maximum atomic E-state index is 12.5. The summed E-state index contributed by atoms with van der Waals surface area (Å²) in [6, 6.07) is -2.91. The number of aliphatic carboxylic acids is 1. The van der Waals surface area contributed by atoms with Crippen molar-refractivity contribution in [1.29, 1.82) is 0 Å². The number of phosphoric acid groups is 1. The van der Waals surface area contributed by atoms with Crippen LogP contribution in [0.3, 0.4) is 0 Å². The van der Waals surface area contributed by atoms with Gasteiger partial charge in [-0.1, -0.05) is 0 Å². The van der Waals surface area contributed by atoms with E-state index < -0.39 is 107 Å². The molecule has 2 saturated heterocycles. The third-order valence-electron chi connectivity index (χ3n) is 5.60. The summed E-state index contributed by atoms with van der Waals surface area (Å²) in [7, 11) is -5.03. The van der Waals surface area contributed by atoms with Gasteiger partial charge in [0.1, 0.15) is 42.7 Å². The third kappa shape index (κ3) is 7.61. The van der Waals surface area contributed by atoms with Crippen molar-refractivity contribution in [3.05, 3.63) is 0 Å². The van der Waals surface area contributed by atoms with Gasteiger partial charge in [0.05, 0.1) is 31.8 Å². The lowest BCUT2D eigenvalue weighted by molar-refractivity contribution is -0.328. The molecule has 0 aromatic rings. The molecule has 18 heteroatoms. The number of amides is 1. The number of rotatable bonds is 11. The monoisotopic (exact) mass is 548 g/mol. The van der Waals surface area contributed by atoms with Gasteiger partial charge in [0.15, 0.2) is 12.6 Å². The number of nitrogens with one attached hydrogen (secondary N) is 1.